The molecule has 34 heavy (non-hydrogen) atoms. The number of dihydropyridines is 1. The SMILES string of the molecule is CCOC(=O)c1ccc(NC(=O)C2=C(C)NC(SCC(N)=O)=C(C#N)[C@H]2c2ccccc2)cc1. The van der Waals surface area contributed by atoms with Crippen LogP contribution < -0.4 is 16.4 Å². The molecule has 2 aromatic carbocycles. The van der Waals surface area contributed by atoms with Crippen molar-refractivity contribution in [2.45, 2.75) is 19.8 Å². The van der Waals surface area contributed by atoms with Crippen LogP contribution in [-0.4, -0.2) is 30.1 Å². The van der Waals surface area contributed by atoms with E-state index < -0.39 is 23.7 Å². The van der Waals surface area contributed by atoms with Crippen LogP contribution in [0.1, 0.15) is 35.7 Å². The molecular formula is C25H24N4O4S. The number of esters is 1. The van der Waals surface area contributed by atoms with E-state index in [1.54, 1.807) is 38.1 Å². The number of anilines is 1. The second-order valence-corrected chi connectivity index (χ2v) is 8.35. The van der Waals surface area contributed by atoms with Gasteiger partial charge in [-0.3, -0.25) is 9.59 Å². The van der Waals surface area contributed by atoms with E-state index in [1.165, 1.54) is 0 Å². The van der Waals surface area contributed by atoms with Crippen LogP contribution in [-0.2, 0) is 14.3 Å². The number of ether oxygens (including phenoxy) is 1. The summed E-state index contributed by atoms with van der Waals surface area (Å²) in [7, 11) is 0. The number of amides is 2. The van der Waals surface area contributed by atoms with Gasteiger partial charge in [-0.1, -0.05) is 42.1 Å². The third kappa shape index (κ3) is 5.66. The number of carbonyl (C=O) groups is 3. The lowest BCUT2D eigenvalue weighted by atomic mass is 9.82. The van der Waals surface area contributed by atoms with Crippen molar-refractivity contribution >= 4 is 35.2 Å². The summed E-state index contributed by atoms with van der Waals surface area (Å²) in [6.45, 7) is 3.74. The van der Waals surface area contributed by atoms with E-state index in [9.17, 15) is 19.6 Å². The van der Waals surface area contributed by atoms with Gasteiger partial charge in [0.25, 0.3) is 5.91 Å². The minimum Gasteiger partial charge on any atom is -0.462 e. The van der Waals surface area contributed by atoms with E-state index in [0.29, 0.717) is 33.1 Å². The lowest BCUT2D eigenvalue weighted by Crippen LogP contribution is -2.31. The summed E-state index contributed by atoms with van der Waals surface area (Å²) >= 11 is 1.13. The maximum absolute atomic E-state index is 13.4. The molecule has 0 saturated heterocycles. The molecule has 0 bridgehead atoms. The Morgan fingerprint density at radius 1 is 1.15 bits per heavy atom. The van der Waals surface area contributed by atoms with Gasteiger partial charge in [0.15, 0.2) is 0 Å². The normalized spacial score (nSPS) is 15.3. The fourth-order valence-electron chi connectivity index (χ4n) is 3.55. The van der Waals surface area contributed by atoms with Crippen molar-refractivity contribution in [2.24, 2.45) is 5.73 Å². The number of benzene rings is 2. The average Bonchev–Trinajstić information content (AvgIpc) is 2.83. The second-order valence-electron chi connectivity index (χ2n) is 7.37. The van der Waals surface area contributed by atoms with Crippen molar-refractivity contribution in [3.05, 3.63) is 87.6 Å². The fraction of sp³-hybridized carbons (Fsp3) is 0.200. The summed E-state index contributed by atoms with van der Waals surface area (Å²) < 4.78 is 4.98. The zero-order valence-corrected chi connectivity index (χ0v) is 19.6. The number of thioether (sulfide) groups is 1. The molecule has 0 saturated carbocycles. The molecule has 2 amide bonds. The Morgan fingerprint density at radius 3 is 2.41 bits per heavy atom. The Labute approximate surface area is 201 Å². The maximum atomic E-state index is 13.4. The van der Waals surface area contributed by atoms with Gasteiger partial charge >= 0.3 is 5.97 Å². The summed E-state index contributed by atoms with van der Waals surface area (Å²) in [5.74, 6) is -1.99. The summed E-state index contributed by atoms with van der Waals surface area (Å²) in [5, 5.41) is 16.4. The Kier molecular flexibility index (Phi) is 8.11. The number of allylic oxidation sites excluding steroid dienone is 2. The predicted molar refractivity (Wildman–Crippen MR) is 130 cm³/mol. The topological polar surface area (TPSA) is 134 Å². The van der Waals surface area contributed by atoms with Crippen LogP contribution in [0.15, 0.2) is 76.5 Å². The van der Waals surface area contributed by atoms with Gasteiger partial charge in [-0.2, -0.15) is 5.26 Å². The van der Waals surface area contributed by atoms with E-state index in [2.05, 4.69) is 16.7 Å². The first-order valence-corrected chi connectivity index (χ1v) is 11.5. The van der Waals surface area contributed by atoms with E-state index in [1.807, 2.05) is 30.3 Å². The number of nitrogens with two attached hydrogens (primary N) is 1. The molecule has 4 N–H and O–H groups in total. The van der Waals surface area contributed by atoms with Crippen molar-refractivity contribution in [2.75, 3.05) is 17.7 Å². The highest BCUT2D eigenvalue weighted by Gasteiger charge is 2.34. The quantitative estimate of drug-likeness (QED) is 0.497. The number of hydrogen-bond donors (Lipinski definition) is 3. The third-order valence-electron chi connectivity index (χ3n) is 5.04. The van der Waals surface area contributed by atoms with Gasteiger partial charge in [-0.05, 0) is 43.7 Å². The highest BCUT2D eigenvalue weighted by atomic mass is 32.2. The fourth-order valence-corrected chi connectivity index (χ4v) is 4.38. The molecular weight excluding hydrogens is 452 g/mol. The molecule has 1 atom stereocenters. The molecule has 0 radical (unpaired) electrons. The third-order valence-corrected chi connectivity index (χ3v) is 6.08. The predicted octanol–water partition coefficient (Wildman–Crippen LogP) is 3.42. The first kappa shape index (κ1) is 24.6. The Balaban J connectivity index is 1.94. The van der Waals surface area contributed by atoms with Gasteiger partial charge < -0.3 is 21.1 Å². The van der Waals surface area contributed by atoms with E-state index in [0.717, 1.165) is 17.3 Å². The van der Waals surface area contributed by atoms with Crippen molar-refractivity contribution in [1.82, 2.24) is 5.32 Å². The molecule has 0 unspecified atom stereocenters. The summed E-state index contributed by atoms with van der Waals surface area (Å²) in [4.78, 5) is 36.6. The molecule has 0 aromatic heterocycles. The van der Waals surface area contributed by atoms with Crippen molar-refractivity contribution in [1.29, 1.82) is 5.26 Å². The summed E-state index contributed by atoms with van der Waals surface area (Å²) in [5.41, 5.74) is 8.17. The average molecular weight is 477 g/mol. The van der Waals surface area contributed by atoms with Gasteiger partial charge in [0, 0.05) is 17.0 Å². The number of carbonyl (C=O) groups excluding carboxylic acids is 3. The molecule has 174 valence electrons. The molecule has 0 fully saturated rings. The van der Waals surface area contributed by atoms with Crippen molar-refractivity contribution in [3.63, 3.8) is 0 Å². The minimum absolute atomic E-state index is 0.00333. The number of rotatable bonds is 8. The van der Waals surface area contributed by atoms with Gasteiger partial charge in [0.1, 0.15) is 0 Å². The van der Waals surface area contributed by atoms with E-state index in [4.69, 9.17) is 10.5 Å². The van der Waals surface area contributed by atoms with Gasteiger partial charge in [0.05, 0.1) is 40.5 Å². The zero-order valence-electron chi connectivity index (χ0n) is 18.8. The number of nitrogens with one attached hydrogen (secondary N) is 2. The highest BCUT2D eigenvalue weighted by Crippen LogP contribution is 2.40. The van der Waals surface area contributed by atoms with Crippen LogP contribution in [0.3, 0.4) is 0 Å². The van der Waals surface area contributed by atoms with Crippen molar-refractivity contribution < 1.29 is 19.1 Å². The lowest BCUT2D eigenvalue weighted by Gasteiger charge is -2.29. The Hall–Kier alpha value is -4.03. The van der Waals surface area contributed by atoms with Crippen LogP contribution >= 0.6 is 11.8 Å². The van der Waals surface area contributed by atoms with E-state index in [-0.39, 0.29) is 12.4 Å². The largest absolute Gasteiger partial charge is 0.462 e. The molecule has 3 rings (SSSR count). The second kappa shape index (κ2) is 11.2. The maximum Gasteiger partial charge on any atom is 0.338 e. The van der Waals surface area contributed by atoms with Gasteiger partial charge in [-0.25, -0.2) is 4.79 Å². The van der Waals surface area contributed by atoms with Crippen LogP contribution in [0.25, 0.3) is 0 Å². The molecule has 1 aliphatic rings. The van der Waals surface area contributed by atoms with Crippen LogP contribution in [0.4, 0.5) is 5.69 Å². The summed E-state index contributed by atoms with van der Waals surface area (Å²) in [6, 6.07) is 17.8. The lowest BCUT2D eigenvalue weighted by molar-refractivity contribution is -0.115. The monoisotopic (exact) mass is 476 g/mol. The molecule has 0 spiro atoms. The van der Waals surface area contributed by atoms with Crippen molar-refractivity contribution in [3.8, 4) is 6.07 Å². The number of primary amides is 1. The van der Waals surface area contributed by atoms with Gasteiger partial charge in [0.2, 0.25) is 5.91 Å². The standard InChI is InChI=1S/C25H24N4O4S/c1-3-33-25(32)17-9-11-18(12-10-17)29-23(31)21-15(2)28-24(34-14-20(27)30)19(13-26)22(21)16-7-5-4-6-8-16/h4-12,22,28H,3,14H2,1-2H3,(H2,27,30)(H,29,31)/t22-/m1/s1. The molecule has 0 aliphatic carbocycles. The van der Waals surface area contributed by atoms with Crippen LogP contribution in [0.2, 0.25) is 0 Å². The molecule has 9 heteroatoms. The van der Waals surface area contributed by atoms with Crippen LogP contribution in [0, 0.1) is 11.3 Å². The highest BCUT2D eigenvalue weighted by molar-refractivity contribution is 8.03. The first-order valence-electron chi connectivity index (χ1n) is 10.5. The smallest absolute Gasteiger partial charge is 0.338 e. The molecule has 1 heterocycles. The zero-order chi connectivity index (χ0) is 24.7. The van der Waals surface area contributed by atoms with Crippen LogP contribution in [0.5, 0.6) is 0 Å². The Morgan fingerprint density at radius 2 is 1.82 bits per heavy atom. The molecule has 2 aromatic rings. The van der Waals surface area contributed by atoms with E-state index >= 15 is 0 Å². The summed E-state index contributed by atoms with van der Waals surface area (Å²) in [6.07, 6.45) is 0. The number of nitriles is 1. The first-order chi connectivity index (χ1) is 16.3. The molecule has 1 aliphatic heterocycles. The number of hydrogen-bond acceptors (Lipinski definition) is 7. The minimum atomic E-state index is -0.637. The number of nitrogens with zero attached hydrogens (tertiary/aromatic N) is 1. The Bertz CT molecular complexity index is 1200. The van der Waals surface area contributed by atoms with Gasteiger partial charge in [-0.15, -0.1) is 0 Å². The molecule has 8 nitrogen and oxygen atoms in total.